The number of halogens is 3. The van der Waals surface area contributed by atoms with Crippen molar-refractivity contribution in [2.24, 2.45) is 5.73 Å². The van der Waals surface area contributed by atoms with Crippen LogP contribution in [0.4, 0.5) is 8.78 Å². The van der Waals surface area contributed by atoms with Gasteiger partial charge in [-0.25, -0.2) is 8.78 Å². The minimum atomic E-state index is -0.668. The molecular formula is C28H28ClF2N3O2S. The second-order valence-corrected chi connectivity index (χ2v) is 10.2. The van der Waals surface area contributed by atoms with Crippen LogP contribution in [0.1, 0.15) is 47.3 Å². The van der Waals surface area contributed by atoms with Gasteiger partial charge in [0.2, 0.25) is 0 Å². The second kappa shape index (κ2) is 12.4. The highest BCUT2D eigenvalue weighted by molar-refractivity contribution is 7.21. The maximum Gasteiger partial charge on any atom is 0.263 e. The lowest BCUT2D eigenvalue weighted by Crippen LogP contribution is -2.22. The standard InChI is InChI=1S/C22H15ClF2N2O2S.C6H13N/c1-29-17-5-2-13(12-6-8-26-9-7-12)10-14(17)11-27-22(28)21-19(23)18-15(24)3-4-16(25)20(18)30-21;7-6-4-2-1-3-5-6/h2-10H,11H2,1H3,(H,27,28);6H,1-5,7H2. The molecule has 5 nitrogen and oxygen atoms in total. The van der Waals surface area contributed by atoms with Crippen molar-refractivity contribution in [2.45, 2.75) is 44.7 Å². The third kappa shape index (κ3) is 6.44. The van der Waals surface area contributed by atoms with Crippen LogP contribution in [0.2, 0.25) is 5.02 Å². The highest BCUT2D eigenvalue weighted by Gasteiger charge is 2.22. The van der Waals surface area contributed by atoms with Crippen LogP contribution in [0.5, 0.6) is 5.75 Å². The van der Waals surface area contributed by atoms with Crippen molar-refractivity contribution >= 4 is 38.9 Å². The number of amides is 1. The van der Waals surface area contributed by atoms with Gasteiger partial charge in [-0.05, 0) is 60.4 Å². The van der Waals surface area contributed by atoms with Crippen LogP contribution < -0.4 is 15.8 Å². The van der Waals surface area contributed by atoms with E-state index in [-0.39, 0.29) is 26.5 Å². The van der Waals surface area contributed by atoms with Gasteiger partial charge in [-0.15, -0.1) is 11.3 Å². The topological polar surface area (TPSA) is 77.2 Å². The SMILES string of the molecule is COc1ccc(-c2ccncc2)cc1CNC(=O)c1sc2c(F)ccc(F)c2c1Cl.NC1CCCCC1. The van der Waals surface area contributed by atoms with Gasteiger partial charge in [0.05, 0.1) is 22.2 Å². The Kier molecular flexibility index (Phi) is 9.08. The number of fused-ring (bicyclic) bond motifs is 1. The van der Waals surface area contributed by atoms with Crippen LogP contribution >= 0.6 is 22.9 Å². The van der Waals surface area contributed by atoms with Gasteiger partial charge in [0.15, 0.2) is 0 Å². The lowest BCUT2D eigenvalue weighted by atomic mass is 9.97. The van der Waals surface area contributed by atoms with Crippen molar-refractivity contribution in [1.29, 1.82) is 0 Å². The average molecular weight is 544 g/mol. The minimum absolute atomic E-state index is 0.0161. The average Bonchev–Trinajstić information content (AvgIpc) is 3.29. The number of benzene rings is 2. The predicted octanol–water partition coefficient (Wildman–Crippen LogP) is 7.11. The molecule has 1 saturated carbocycles. The van der Waals surface area contributed by atoms with Crippen LogP contribution in [0.15, 0.2) is 54.9 Å². The van der Waals surface area contributed by atoms with E-state index in [4.69, 9.17) is 22.1 Å². The molecule has 0 aliphatic heterocycles. The Morgan fingerprint density at radius 1 is 1.08 bits per heavy atom. The lowest BCUT2D eigenvalue weighted by Gasteiger charge is -2.15. The van der Waals surface area contributed by atoms with E-state index < -0.39 is 17.5 Å². The molecule has 3 N–H and O–H groups in total. The highest BCUT2D eigenvalue weighted by Crippen LogP contribution is 2.38. The Bertz CT molecular complexity index is 1380. The molecule has 194 valence electrons. The first-order valence-corrected chi connectivity index (χ1v) is 13.3. The maximum absolute atomic E-state index is 14.1. The summed E-state index contributed by atoms with van der Waals surface area (Å²) in [4.78, 5) is 16.8. The Morgan fingerprint density at radius 3 is 2.41 bits per heavy atom. The van der Waals surface area contributed by atoms with Gasteiger partial charge in [0.1, 0.15) is 22.3 Å². The third-order valence-corrected chi connectivity index (χ3v) is 7.96. The number of thiophene rings is 1. The fraction of sp³-hybridized carbons (Fsp3) is 0.286. The van der Waals surface area contributed by atoms with Gasteiger partial charge in [0.25, 0.3) is 5.91 Å². The number of nitrogens with zero attached hydrogens (tertiary/aromatic N) is 1. The first kappa shape index (κ1) is 27.0. The molecule has 1 fully saturated rings. The number of carbonyl (C=O) groups excluding carboxylic acids is 1. The van der Waals surface area contributed by atoms with Crippen LogP contribution in [0.25, 0.3) is 21.2 Å². The molecule has 2 aromatic carbocycles. The van der Waals surface area contributed by atoms with Crippen molar-refractivity contribution in [3.63, 3.8) is 0 Å². The van der Waals surface area contributed by atoms with Crippen molar-refractivity contribution < 1.29 is 18.3 Å². The largest absolute Gasteiger partial charge is 0.496 e. The molecule has 0 radical (unpaired) electrons. The maximum atomic E-state index is 14.1. The molecule has 1 aliphatic carbocycles. The van der Waals surface area contributed by atoms with Gasteiger partial charge in [-0.1, -0.05) is 36.9 Å². The van der Waals surface area contributed by atoms with Gasteiger partial charge in [-0.2, -0.15) is 0 Å². The number of rotatable bonds is 5. The number of pyridine rings is 1. The number of aromatic nitrogens is 1. The molecule has 0 unspecified atom stereocenters. The van der Waals surface area contributed by atoms with Crippen molar-refractivity contribution in [3.8, 4) is 16.9 Å². The summed E-state index contributed by atoms with van der Waals surface area (Å²) in [7, 11) is 1.54. The lowest BCUT2D eigenvalue weighted by molar-refractivity contribution is 0.0955. The molecule has 0 saturated heterocycles. The summed E-state index contributed by atoms with van der Waals surface area (Å²) in [6.07, 6.45) is 10.1. The summed E-state index contributed by atoms with van der Waals surface area (Å²) in [6, 6.07) is 11.9. The molecule has 5 rings (SSSR count). The van der Waals surface area contributed by atoms with E-state index in [1.54, 1.807) is 19.5 Å². The second-order valence-electron chi connectivity index (χ2n) is 8.82. The molecular weight excluding hydrogens is 516 g/mol. The van der Waals surface area contributed by atoms with E-state index >= 15 is 0 Å². The zero-order valence-corrected chi connectivity index (χ0v) is 22.0. The number of ether oxygens (including phenoxy) is 1. The molecule has 0 atom stereocenters. The van der Waals surface area contributed by atoms with Crippen LogP contribution in [0.3, 0.4) is 0 Å². The van der Waals surface area contributed by atoms with E-state index in [9.17, 15) is 13.6 Å². The van der Waals surface area contributed by atoms with E-state index in [1.165, 1.54) is 32.1 Å². The molecule has 0 bridgehead atoms. The predicted molar refractivity (Wildman–Crippen MR) is 145 cm³/mol. The summed E-state index contributed by atoms with van der Waals surface area (Å²) < 4.78 is 33.5. The minimum Gasteiger partial charge on any atom is -0.496 e. The Hall–Kier alpha value is -3.07. The quantitative estimate of drug-likeness (QED) is 0.281. The van der Waals surface area contributed by atoms with Gasteiger partial charge in [-0.3, -0.25) is 9.78 Å². The Morgan fingerprint density at radius 2 is 1.78 bits per heavy atom. The normalized spacial score (nSPS) is 13.6. The first-order chi connectivity index (χ1) is 17.9. The van der Waals surface area contributed by atoms with E-state index in [2.05, 4.69) is 10.3 Å². The molecule has 1 amide bonds. The molecule has 37 heavy (non-hydrogen) atoms. The summed E-state index contributed by atoms with van der Waals surface area (Å²) in [5.74, 6) is -1.20. The Balaban J connectivity index is 0.000000396. The smallest absolute Gasteiger partial charge is 0.263 e. The summed E-state index contributed by atoms with van der Waals surface area (Å²) in [5.41, 5.74) is 8.29. The number of carbonyl (C=O) groups is 1. The summed E-state index contributed by atoms with van der Waals surface area (Å²) >= 11 is 7.01. The number of methoxy groups -OCH3 is 1. The zero-order chi connectivity index (χ0) is 26.4. The molecule has 2 aromatic heterocycles. The molecule has 2 heterocycles. The van der Waals surface area contributed by atoms with E-state index in [0.29, 0.717) is 11.8 Å². The van der Waals surface area contributed by atoms with Crippen LogP contribution in [-0.2, 0) is 6.54 Å². The van der Waals surface area contributed by atoms with Crippen LogP contribution in [-0.4, -0.2) is 24.0 Å². The fourth-order valence-corrected chi connectivity index (χ4v) is 5.74. The Labute approximate surface area is 223 Å². The molecule has 9 heteroatoms. The van der Waals surface area contributed by atoms with E-state index in [1.807, 2.05) is 30.3 Å². The zero-order valence-electron chi connectivity index (χ0n) is 20.4. The number of hydrogen-bond donors (Lipinski definition) is 2. The van der Waals surface area contributed by atoms with Gasteiger partial charge < -0.3 is 15.8 Å². The first-order valence-electron chi connectivity index (χ1n) is 12.1. The van der Waals surface area contributed by atoms with Crippen molar-refractivity contribution in [3.05, 3.63) is 82.0 Å². The van der Waals surface area contributed by atoms with Gasteiger partial charge in [0, 0.05) is 30.5 Å². The van der Waals surface area contributed by atoms with E-state index in [0.717, 1.165) is 40.2 Å². The number of nitrogens with one attached hydrogen (secondary N) is 1. The van der Waals surface area contributed by atoms with Crippen molar-refractivity contribution in [2.75, 3.05) is 7.11 Å². The van der Waals surface area contributed by atoms with Crippen molar-refractivity contribution in [1.82, 2.24) is 10.3 Å². The summed E-state index contributed by atoms with van der Waals surface area (Å²) in [5, 5.41) is 2.58. The van der Waals surface area contributed by atoms with Gasteiger partial charge >= 0.3 is 0 Å². The number of nitrogens with two attached hydrogens (primary N) is 1. The molecule has 0 spiro atoms. The molecule has 1 aliphatic rings. The number of hydrogen-bond acceptors (Lipinski definition) is 5. The molecule has 4 aromatic rings. The fourth-order valence-electron chi connectivity index (χ4n) is 4.27. The third-order valence-electron chi connectivity index (χ3n) is 6.27. The van der Waals surface area contributed by atoms with Crippen LogP contribution in [0, 0.1) is 11.6 Å². The highest BCUT2D eigenvalue weighted by atomic mass is 35.5. The monoisotopic (exact) mass is 543 g/mol. The summed E-state index contributed by atoms with van der Waals surface area (Å²) in [6.45, 7) is 0.149.